The Kier molecular flexibility index (Phi) is 3.67. The molecule has 1 N–H and O–H groups in total. The van der Waals surface area contributed by atoms with Gasteiger partial charge in [0.1, 0.15) is 5.75 Å². The molecule has 128 valence electrons. The van der Waals surface area contributed by atoms with Gasteiger partial charge in [-0.1, -0.05) is 19.6 Å². The summed E-state index contributed by atoms with van der Waals surface area (Å²) >= 11 is 0. The summed E-state index contributed by atoms with van der Waals surface area (Å²) in [7, 11) is 1.74. The first-order valence-corrected chi connectivity index (χ1v) is 9.28. The minimum absolute atomic E-state index is 0.0250. The Bertz CT molecular complexity index is 702. The Hall–Kier alpha value is -1.50. The maximum absolute atomic E-state index is 11.2. The monoisotopic (exact) mass is 324 g/mol. The predicted octanol–water partition coefficient (Wildman–Crippen LogP) is 4.62. The smallest absolute Gasteiger partial charge is 0.119 e. The maximum Gasteiger partial charge on any atom is 0.119 e. The van der Waals surface area contributed by atoms with Crippen molar-refractivity contribution in [2.24, 2.45) is 17.3 Å². The van der Waals surface area contributed by atoms with Crippen LogP contribution in [0.5, 0.6) is 5.75 Å². The fraction of sp³-hybridized carbons (Fsp3) is 0.591. The highest BCUT2D eigenvalue weighted by Gasteiger charge is 2.60. The number of methoxy groups -OCH3 is 1. The molecular weight excluding hydrogens is 296 g/mol. The molecule has 0 radical (unpaired) electrons. The van der Waals surface area contributed by atoms with Gasteiger partial charge in [0.25, 0.3) is 0 Å². The van der Waals surface area contributed by atoms with Crippen LogP contribution in [-0.4, -0.2) is 17.8 Å². The van der Waals surface area contributed by atoms with E-state index in [1.807, 2.05) is 6.08 Å². The van der Waals surface area contributed by atoms with E-state index in [9.17, 15) is 5.11 Å². The van der Waals surface area contributed by atoms with Crippen molar-refractivity contribution >= 4 is 0 Å². The normalized spacial score (nSPS) is 40.0. The summed E-state index contributed by atoms with van der Waals surface area (Å²) in [5, 5.41) is 11.2. The molecule has 24 heavy (non-hydrogen) atoms. The number of hydrogen-bond acceptors (Lipinski definition) is 2. The summed E-state index contributed by atoms with van der Waals surface area (Å²) in [4.78, 5) is 0. The zero-order chi connectivity index (χ0) is 16.9. The van der Waals surface area contributed by atoms with Crippen molar-refractivity contribution < 1.29 is 9.84 Å². The van der Waals surface area contributed by atoms with Crippen LogP contribution in [0.1, 0.15) is 56.1 Å². The van der Waals surface area contributed by atoms with Gasteiger partial charge in [-0.05, 0) is 85.6 Å². The summed E-state index contributed by atoms with van der Waals surface area (Å²) in [6.07, 6.45) is 8.44. The van der Waals surface area contributed by atoms with Crippen LogP contribution in [0.15, 0.2) is 36.6 Å². The Labute approximate surface area is 145 Å². The molecule has 0 unspecified atom stereocenters. The van der Waals surface area contributed by atoms with Crippen molar-refractivity contribution in [2.75, 3.05) is 7.11 Å². The van der Waals surface area contributed by atoms with Gasteiger partial charge in [-0.3, -0.25) is 0 Å². The van der Waals surface area contributed by atoms with Crippen LogP contribution >= 0.6 is 0 Å². The van der Waals surface area contributed by atoms with Gasteiger partial charge in [0.15, 0.2) is 0 Å². The number of ether oxygens (including phenoxy) is 1. The summed E-state index contributed by atoms with van der Waals surface area (Å²) in [5.74, 6) is 2.91. The van der Waals surface area contributed by atoms with Crippen LogP contribution in [0.3, 0.4) is 0 Å². The number of aliphatic hydroxyl groups is 1. The van der Waals surface area contributed by atoms with E-state index >= 15 is 0 Å². The highest BCUT2D eigenvalue weighted by Crippen LogP contribution is 2.64. The van der Waals surface area contributed by atoms with Crippen LogP contribution in [0.4, 0.5) is 0 Å². The average Bonchev–Trinajstić information content (AvgIpc) is 2.86. The number of hydrogen-bond donors (Lipinski definition) is 1. The van der Waals surface area contributed by atoms with Gasteiger partial charge in [-0.2, -0.15) is 0 Å². The van der Waals surface area contributed by atoms with E-state index in [0.29, 0.717) is 17.8 Å². The fourth-order valence-electron chi connectivity index (χ4n) is 6.14. The standard InChI is InChI=1S/C22H28O2/c1-4-11-22(23)13-10-20-19-7-5-15-14-16(24-3)6-8-17(15)18(19)9-12-21(20,22)2/h6,8,11,14,18-20,23H,1,5,7,9-10,12-13H2,2-3H3/t18-,19-,20+,21+,22+/m1/s1. The molecular formula is C22H28O2. The molecule has 2 nitrogen and oxygen atoms in total. The first-order chi connectivity index (χ1) is 11.5. The maximum atomic E-state index is 11.2. The Balaban J connectivity index is 1.69. The molecule has 3 aliphatic rings. The molecule has 1 aromatic rings. The van der Waals surface area contributed by atoms with Crippen LogP contribution < -0.4 is 4.74 Å². The first kappa shape index (κ1) is 16.0. The van der Waals surface area contributed by atoms with Gasteiger partial charge < -0.3 is 9.84 Å². The SMILES string of the molecule is C=C=C[C@]1(O)CC[C@H]2[C@@H]3CCc4cc(OC)ccc4[C@H]3CC[C@@]21C. The van der Waals surface area contributed by atoms with E-state index in [-0.39, 0.29) is 5.41 Å². The molecule has 0 saturated heterocycles. The predicted molar refractivity (Wildman–Crippen MR) is 96.3 cm³/mol. The molecule has 1 aromatic carbocycles. The van der Waals surface area contributed by atoms with Gasteiger partial charge in [0, 0.05) is 5.41 Å². The number of fused-ring (bicyclic) bond motifs is 5. The van der Waals surface area contributed by atoms with Crippen molar-refractivity contribution in [2.45, 2.75) is 57.0 Å². The zero-order valence-corrected chi connectivity index (χ0v) is 14.8. The lowest BCUT2D eigenvalue weighted by molar-refractivity contribution is -0.0708. The van der Waals surface area contributed by atoms with E-state index in [2.05, 4.69) is 37.4 Å². The average molecular weight is 324 g/mol. The molecule has 0 bridgehead atoms. The Morgan fingerprint density at radius 3 is 2.88 bits per heavy atom. The molecule has 0 amide bonds. The van der Waals surface area contributed by atoms with Crippen molar-refractivity contribution in [3.63, 3.8) is 0 Å². The Morgan fingerprint density at radius 1 is 1.29 bits per heavy atom. The molecule has 2 fully saturated rings. The number of benzene rings is 1. The lowest BCUT2D eigenvalue weighted by atomic mass is 9.53. The minimum atomic E-state index is -0.718. The summed E-state index contributed by atoms with van der Waals surface area (Å²) < 4.78 is 5.41. The molecule has 5 atom stereocenters. The molecule has 4 rings (SSSR count). The van der Waals surface area contributed by atoms with Crippen LogP contribution in [0.2, 0.25) is 0 Å². The summed E-state index contributed by atoms with van der Waals surface area (Å²) in [6.45, 7) is 6.02. The molecule has 0 heterocycles. The molecule has 0 spiro atoms. The second kappa shape index (κ2) is 5.51. The van der Waals surface area contributed by atoms with Crippen molar-refractivity contribution in [3.8, 4) is 5.75 Å². The molecule has 3 aliphatic carbocycles. The first-order valence-electron chi connectivity index (χ1n) is 9.28. The minimum Gasteiger partial charge on any atom is -0.497 e. The van der Waals surface area contributed by atoms with Crippen molar-refractivity contribution in [1.82, 2.24) is 0 Å². The summed E-state index contributed by atoms with van der Waals surface area (Å²) in [5.41, 5.74) is 5.13. The number of aryl methyl sites for hydroxylation is 1. The largest absolute Gasteiger partial charge is 0.497 e. The van der Waals surface area contributed by atoms with E-state index < -0.39 is 5.60 Å². The van der Waals surface area contributed by atoms with Gasteiger partial charge in [0.2, 0.25) is 0 Å². The third-order valence-corrected chi connectivity index (χ3v) is 7.49. The summed E-state index contributed by atoms with van der Waals surface area (Å²) in [6, 6.07) is 6.63. The topological polar surface area (TPSA) is 29.5 Å². The van der Waals surface area contributed by atoms with Gasteiger partial charge in [-0.15, -0.1) is 5.73 Å². The van der Waals surface area contributed by atoms with Crippen LogP contribution in [-0.2, 0) is 6.42 Å². The van der Waals surface area contributed by atoms with Gasteiger partial charge in [-0.25, -0.2) is 0 Å². The molecule has 2 heteroatoms. The third-order valence-electron chi connectivity index (χ3n) is 7.49. The Morgan fingerprint density at radius 2 is 2.12 bits per heavy atom. The van der Waals surface area contributed by atoms with E-state index in [1.54, 1.807) is 7.11 Å². The molecule has 2 saturated carbocycles. The van der Waals surface area contributed by atoms with E-state index in [1.165, 1.54) is 24.0 Å². The van der Waals surface area contributed by atoms with Crippen LogP contribution in [0.25, 0.3) is 0 Å². The van der Waals surface area contributed by atoms with E-state index in [0.717, 1.165) is 31.4 Å². The molecule has 0 aromatic heterocycles. The lowest BCUT2D eigenvalue weighted by Gasteiger charge is -2.52. The fourth-order valence-corrected chi connectivity index (χ4v) is 6.14. The highest BCUT2D eigenvalue weighted by molar-refractivity contribution is 5.41. The van der Waals surface area contributed by atoms with Gasteiger partial charge >= 0.3 is 0 Å². The second-order valence-corrected chi connectivity index (χ2v) is 8.25. The van der Waals surface area contributed by atoms with E-state index in [4.69, 9.17) is 4.74 Å². The quantitative estimate of drug-likeness (QED) is 0.804. The lowest BCUT2D eigenvalue weighted by Crippen LogP contribution is -2.49. The van der Waals surface area contributed by atoms with Crippen molar-refractivity contribution in [1.29, 1.82) is 0 Å². The highest BCUT2D eigenvalue weighted by atomic mass is 16.5. The number of rotatable bonds is 2. The van der Waals surface area contributed by atoms with Crippen molar-refractivity contribution in [3.05, 3.63) is 47.7 Å². The molecule has 0 aliphatic heterocycles. The van der Waals surface area contributed by atoms with Crippen LogP contribution in [0, 0.1) is 17.3 Å². The van der Waals surface area contributed by atoms with Gasteiger partial charge in [0.05, 0.1) is 12.7 Å². The third kappa shape index (κ3) is 2.06. The second-order valence-electron chi connectivity index (χ2n) is 8.25. The zero-order valence-electron chi connectivity index (χ0n) is 14.8.